The van der Waals surface area contributed by atoms with E-state index in [0.29, 0.717) is 10.2 Å². The highest BCUT2D eigenvalue weighted by Gasteiger charge is 2.12. The SMILES string of the molecule is CC(Cc1ccccc1)n1c(=S)[nH]c2ccccc2c1=O. The van der Waals surface area contributed by atoms with Gasteiger partial charge in [0.15, 0.2) is 4.77 Å². The van der Waals surface area contributed by atoms with E-state index in [9.17, 15) is 4.79 Å². The Morgan fingerprint density at radius 1 is 1.10 bits per heavy atom. The molecule has 1 atom stereocenters. The molecule has 0 saturated heterocycles. The molecule has 0 saturated carbocycles. The van der Waals surface area contributed by atoms with Gasteiger partial charge in [0, 0.05) is 6.04 Å². The van der Waals surface area contributed by atoms with Crippen molar-refractivity contribution in [2.75, 3.05) is 0 Å². The summed E-state index contributed by atoms with van der Waals surface area (Å²) in [6.45, 7) is 2.02. The van der Waals surface area contributed by atoms with E-state index >= 15 is 0 Å². The Morgan fingerprint density at radius 3 is 2.52 bits per heavy atom. The number of aromatic amines is 1. The van der Waals surface area contributed by atoms with Gasteiger partial charge in [-0.3, -0.25) is 9.36 Å². The third-order valence-corrected chi connectivity index (χ3v) is 3.95. The molecule has 21 heavy (non-hydrogen) atoms. The highest BCUT2D eigenvalue weighted by Crippen LogP contribution is 2.14. The maximum absolute atomic E-state index is 12.7. The van der Waals surface area contributed by atoms with Crippen LogP contribution in [0, 0.1) is 4.77 Å². The number of nitrogens with zero attached hydrogens (tertiary/aromatic N) is 1. The third kappa shape index (κ3) is 2.67. The Balaban J connectivity index is 2.08. The molecule has 1 N–H and O–H groups in total. The first-order chi connectivity index (χ1) is 10.2. The number of hydrogen-bond acceptors (Lipinski definition) is 2. The van der Waals surface area contributed by atoms with Crippen LogP contribution < -0.4 is 5.56 Å². The van der Waals surface area contributed by atoms with Gasteiger partial charge in [0.25, 0.3) is 5.56 Å². The van der Waals surface area contributed by atoms with Crippen molar-refractivity contribution >= 4 is 23.1 Å². The summed E-state index contributed by atoms with van der Waals surface area (Å²) in [6.07, 6.45) is 0.774. The largest absolute Gasteiger partial charge is 0.332 e. The first kappa shape index (κ1) is 13.8. The fraction of sp³-hybridized carbons (Fsp3) is 0.176. The molecule has 0 bridgehead atoms. The van der Waals surface area contributed by atoms with Crippen molar-refractivity contribution in [3.05, 3.63) is 75.3 Å². The lowest BCUT2D eigenvalue weighted by Crippen LogP contribution is -2.26. The molecule has 0 spiro atoms. The van der Waals surface area contributed by atoms with Gasteiger partial charge in [-0.2, -0.15) is 0 Å². The van der Waals surface area contributed by atoms with Gasteiger partial charge in [0.05, 0.1) is 10.9 Å². The number of benzene rings is 2. The molecule has 1 unspecified atom stereocenters. The van der Waals surface area contributed by atoms with Gasteiger partial charge >= 0.3 is 0 Å². The van der Waals surface area contributed by atoms with E-state index in [1.807, 2.05) is 49.4 Å². The van der Waals surface area contributed by atoms with Gasteiger partial charge in [0.2, 0.25) is 0 Å². The minimum absolute atomic E-state index is 0.00764. The predicted molar refractivity (Wildman–Crippen MR) is 88.2 cm³/mol. The van der Waals surface area contributed by atoms with E-state index in [2.05, 4.69) is 17.1 Å². The molecule has 3 rings (SSSR count). The lowest BCUT2D eigenvalue weighted by molar-refractivity contribution is 0.516. The van der Waals surface area contributed by atoms with Crippen LogP contribution in [0.25, 0.3) is 10.9 Å². The monoisotopic (exact) mass is 296 g/mol. The Bertz CT molecular complexity index is 880. The van der Waals surface area contributed by atoms with E-state index in [-0.39, 0.29) is 11.6 Å². The van der Waals surface area contributed by atoms with Gasteiger partial charge in [-0.05, 0) is 43.3 Å². The number of aromatic nitrogens is 2. The number of para-hydroxylation sites is 1. The molecular formula is C17H16N2OS. The van der Waals surface area contributed by atoms with Crippen LogP contribution in [-0.2, 0) is 6.42 Å². The summed E-state index contributed by atoms with van der Waals surface area (Å²) >= 11 is 5.37. The normalized spacial score (nSPS) is 12.4. The fourth-order valence-electron chi connectivity index (χ4n) is 2.62. The summed E-state index contributed by atoms with van der Waals surface area (Å²) in [5, 5.41) is 0.672. The molecule has 2 aromatic carbocycles. The van der Waals surface area contributed by atoms with E-state index in [4.69, 9.17) is 12.2 Å². The van der Waals surface area contributed by atoms with Crippen molar-refractivity contribution in [1.29, 1.82) is 0 Å². The van der Waals surface area contributed by atoms with Gasteiger partial charge in [0.1, 0.15) is 0 Å². The van der Waals surface area contributed by atoms with Gasteiger partial charge in [-0.15, -0.1) is 0 Å². The average Bonchev–Trinajstić information content (AvgIpc) is 2.48. The van der Waals surface area contributed by atoms with Crippen molar-refractivity contribution in [1.82, 2.24) is 9.55 Å². The minimum atomic E-state index is -0.0298. The van der Waals surface area contributed by atoms with Crippen LogP contribution in [0.5, 0.6) is 0 Å². The zero-order valence-electron chi connectivity index (χ0n) is 11.7. The van der Waals surface area contributed by atoms with E-state index in [0.717, 1.165) is 11.9 Å². The fourth-order valence-corrected chi connectivity index (χ4v) is 3.00. The molecule has 3 nitrogen and oxygen atoms in total. The number of rotatable bonds is 3. The first-order valence-corrected chi connectivity index (χ1v) is 7.35. The molecule has 0 aliphatic heterocycles. The van der Waals surface area contributed by atoms with Crippen molar-refractivity contribution in [2.45, 2.75) is 19.4 Å². The quantitative estimate of drug-likeness (QED) is 0.745. The van der Waals surface area contributed by atoms with Crippen molar-refractivity contribution < 1.29 is 0 Å². The first-order valence-electron chi connectivity index (χ1n) is 6.94. The zero-order chi connectivity index (χ0) is 14.8. The van der Waals surface area contributed by atoms with Crippen LogP contribution in [0.4, 0.5) is 0 Å². The van der Waals surface area contributed by atoms with Gasteiger partial charge in [-0.1, -0.05) is 42.5 Å². The molecular weight excluding hydrogens is 280 g/mol. The van der Waals surface area contributed by atoms with Crippen LogP contribution in [0.15, 0.2) is 59.4 Å². The summed E-state index contributed by atoms with van der Waals surface area (Å²) < 4.78 is 2.15. The van der Waals surface area contributed by atoms with E-state index in [1.54, 1.807) is 4.57 Å². The number of fused-ring (bicyclic) bond motifs is 1. The molecule has 0 aliphatic carbocycles. The highest BCUT2D eigenvalue weighted by molar-refractivity contribution is 7.71. The van der Waals surface area contributed by atoms with Crippen LogP contribution in [0.2, 0.25) is 0 Å². The second-order valence-corrected chi connectivity index (χ2v) is 5.58. The smallest absolute Gasteiger partial charge is 0.262 e. The van der Waals surface area contributed by atoms with Crippen molar-refractivity contribution in [2.24, 2.45) is 0 Å². The minimum Gasteiger partial charge on any atom is -0.332 e. The molecule has 0 radical (unpaired) electrons. The predicted octanol–water partition coefficient (Wildman–Crippen LogP) is 3.86. The lowest BCUT2D eigenvalue weighted by Gasteiger charge is -2.16. The third-order valence-electron chi connectivity index (χ3n) is 3.65. The Hall–Kier alpha value is -2.20. The summed E-state index contributed by atoms with van der Waals surface area (Å²) in [7, 11) is 0. The Kier molecular flexibility index (Phi) is 3.71. The van der Waals surface area contributed by atoms with E-state index < -0.39 is 0 Å². The Morgan fingerprint density at radius 2 is 1.76 bits per heavy atom. The maximum atomic E-state index is 12.7. The Labute approximate surface area is 127 Å². The highest BCUT2D eigenvalue weighted by atomic mass is 32.1. The number of H-pyrrole nitrogens is 1. The topological polar surface area (TPSA) is 37.8 Å². The lowest BCUT2D eigenvalue weighted by atomic mass is 10.1. The molecule has 3 aromatic rings. The maximum Gasteiger partial charge on any atom is 0.262 e. The van der Waals surface area contributed by atoms with Crippen molar-refractivity contribution in [3.63, 3.8) is 0 Å². The zero-order valence-corrected chi connectivity index (χ0v) is 12.6. The molecule has 0 amide bonds. The molecule has 4 heteroatoms. The second-order valence-electron chi connectivity index (χ2n) is 5.19. The standard InChI is InChI=1S/C17H16N2OS/c1-12(11-13-7-3-2-4-8-13)19-16(20)14-9-5-6-10-15(14)18-17(19)21/h2-10,12H,11H2,1H3,(H,18,21). The summed E-state index contributed by atoms with van der Waals surface area (Å²) in [6, 6.07) is 17.6. The molecule has 106 valence electrons. The molecule has 0 fully saturated rings. The second kappa shape index (κ2) is 5.66. The van der Waals surface area contributed by atoms with Crippen LogP contribution in [0.1, 0.15) is 18.5 Å². The van der Waals surface area contributed by atoms with Crippen LogP contribution in [-0.4, -0.2) is 9.55 Å². The molecule has 1 heterocycles. The van der Waals surface area contributed by atoms with Crippen molar-refractivity contribution in [3.8, 4) is 0 Å². The summed E-state index contributed by atoms with van der Waals surface area (Å²) in [5.74, 6) is 0. The average molecular weight is 296 g/mol. The van der Waals surface area contributed by atoms with Crippen LogP contribution >= 0.6 is 12.2 Å². The summed E-state index contributed by atoms with van der Waals surface area (Å²) in [5.41, 5.74) is 1.95. The molecule has 1 aromatic heterocycles. The number of nitrogens with one attached hydrogen (secondary N) is 1. The van der Waals surface area contributed by atoms with Gasteiger partial charge in [-0.25, -0.2) is 0 Å². The van der Waals surface area contributed by atoms with E-state index in [1.165, 1.54) is 5.56 Å². The molecule has 0 aliphatic rings. The summed E-state index contributed by atoms with van der Waals surface area (Å²) in [4.78, 5) is 15.8. The van der Waals surface area contributed by atoms with Gasteiger partial charge < -0.3 is 4.98 Å². The number of hydrogen-bond donors (Lipinski definition) is 1. The van der Waals surface area contributed by atoms with Crippen LogP contribution in [0.3, 0.4) is 0 Å².